The average molecular weight is 834 g/mol. The van der Waals surface area contributed by atoms with E-state index in [9.17, 15) is 24.3 Å². The van der Waals surface area contributed by atoms with Gasteiger partial charge in [0.2, 0.25) is 23.7 Å². The topological polar surface area (TPSA) is 258 Å². The van der Waals surface area contributed by atoms with Crippen LogP contribution in [0.25, 0.3) is 22.1 Å². The Bertz CT molecular complexity index is 2570. The fraction of sp³-hybridized carbons (Fsp3) is 0.366. The number of hydrogen-bond donors (Lipinski definition) is 5. The summed E-state index contributed by atoms with van der Waals surface area (Å²) in [5.41, 5.74) is 15.6. The Kier molecular flexibility index (Phi) is 11.0. The van der Waals surface area contributed by atoms with Gasteiger partial charge in [0.05, 0.1) is 34.6 Å². The summed E-state index contributed by atoms with van der Waals surface area (Å²) in [4.78, 5) is 64.5. The molecule has 0 aliphatic carbocycles. The summed E-state index contributed by atoms with van der Waals surface area (Å²) < 4.78 is 19.9. The first-order valence-corrected chi connectivity index (χ1v) is 20.0. The number of rotatable bonds is 9. The van der Waals surface area contributed by atoms with Gasteiger partial charge in [-0.3, -0.25) is 44.1 Å². The quantitative estimate of drug-likeness (QED) is 0.132. The van der Waals surface area contributed by atoms with E-state index in [1.54, 1.807) is 68.7 Å². The van der Waals surface area contributed by atoms with Crippen molar-refractivity contribution in [1.82, 2.24) is 43.6 Å². The number of β-amino-alcohol motifs (C(OH)–C–C–N with tert-alkyl or cyclic N) is 1. The Hall–Kier alpha value is -7.06. The fourth-order valence-electron chi connectivity index (χ4n) is 7.87. The lowest BCUT2D eigenvalue weighted by molar-refractivity contribution is 0.0941. The zero-order valence-corrected chi connectivity index (χ0v) is 34.2. The fourth-order valence-corrected chi connectivity index (χ4v) is 7.87. The highest BCUT2D eigenvalue weighted by atomic mass is 16.5. The SMILES string of the molecule is CCn1nc(C)cc1C(=O)Nc1nc2cc(C(N)=O)cc3c2n1C/C=C/Cn1c(NC(=O)c2cc(C)nn2CC)nc2cc(C(N)=O)cc(c21)OCC(N1CC[C@H](O)C1)CO3. The van der Waals surface area contributed by atoms with Crippen molar-refractivity contribution in [3.05, 3.63) is 82.5 Å². The van der Waals surface area contributed by atoms with Gasteiger partial charge in [0.15, 0.2) is 0 Å². The zero-order chi connectivity index (χ0) is 43.1. The van der Waals surface area contributed by atoms with Crippen LogP contribution in [0.3, 0.4) is 0 Å². The third-order valence-corrected chi connectivity index (χ3v) is 10.8. The summed E-state index contributed by atoms with van der Waals surface area (Å²) in [6, 6.07) is 9.08. The minimum Gasteiger partial charge on any atom is -0.490 e. The molecular formula is C41H47N13O7. The van der Waals surface area contributed by atoms with Crippen LogP contribution < -0.4 is 31.6 Å². The average Bonchev–Trinajstić information content (AvgIpc) is 4.06. The lowest BCUT2D eigenvalue weighted by Crippen LogP contribution is -2.42. The molecule has 0 bridgehead atoms. The van der Waals surface area contributed by atoms with Crippen molar-refractivity contribution in [3.63, 3.8) is 0 Å². The van der Waals surface area contributed by atoms with Crippen molar-refractivity contribution in [2.24, 2.45) is 11.5 Å². The molecule has 20 nitrogen and oxygen atoms in total. The highest BCUT2D eigenvalue weighted by Crippen LogP contribution is 2.34. The second-order valence-electron chi connectivity index (χ2n) is 15.1. The van der Waals surface area contributed by atoms with Gasteiger partial charge in [0.25, 0.3) is 11.8 Å². The van der Waals surface area contributed by atoms with Crippen LogP contribution in [0.15, 0.2) is 48.6 Å². The van der Waals surface area contributed by atoms with Crippen LogP contribution in [0, 0.1) is 13.8 Å². The number of hydrogen-bond acceptors (Lipinski definition) is 12. The molecule has 61 heavy (non-hydrogen) atoms. The van der Waals surface area contributed by atoms with Crippen LogP contribution in [0.1, 0.15) is 73.3 Å². The summed E-state index contributed by atoms with van der Waals surface area (Å²) in [5, 5.41) is 25.3. The Balaban J connectivity index is 1.27. The van der Waals surface area contributed by atoms with Crippen LogP contribution in [0.2, 0.25) is 0 Å². The Labute approximate surface area is 349 Å². The molecule has 20 heteroatoms. The smallest absolute Gasteiger partial charge is 0.276 e. The number of carbonyl (C=O) groups excluding carboxylic acids is 4. The van der Waals surface area contributed by atoms with E-state index in [0.717, 1.165) is 0 Å². The first kappa shape index (κ1) is 40.7. The number of anilines is 2. The molecule has 0 unspecified atom stereocenters. The highest BCUT2D eigenvalue weighted by molar-refractivity contribution is 6.05. The second-order valence-corrected chi connectivity index (χ2v) is 15.1. The third kappa shape index (κ3) is 8.01. The van der Waals surface area contributed by atoms with Gasteiger partial charge in [-0.2, -0.15) is 10.2 Å². The van der Waals surface area contributed by atoms with Crippen LogP contribution in [-0.4, -0.2) is 111 Å². The normalized spacial score (nSPS) is 16.8. The molecule has 1 fully saturated rings. The number of primary amides is 2. The van der Waals surface area contributed by atoms with Crippen molar-refractivity contribution in [2.45, 2.75) is 72.4 Å². The molecule has 6 aromatic rings. The number of aliphatic hydroxyl groups is 1. The number of imidazole rings is 2. The first-order valence-electron chi connectivity index (χ1n) is 20.0. The predicted octanol–water partition coefficient (Wildman–Crippen LogP) is 2.60. The molecule has 0 radical (unpaired) electrons. The number of nitrogens with two attached hydrogens (primary N) is 2. The number of nitrogens with zero attached hydrogens (tertiary/aromatic N) is 9. The lowest BCUT2D eigenvalue weighted by Gasteiger charge is -2.28. The Morgan fingerprint density at radius 1 is 0.738 bits per heavy atom. The summed E-state index contributed by atoms with van der Waals surface area (Å²) >= 11 is 0. The molecule has 2 aromatic carbocycles. The van der Waals surface area contributed by atoms with Gasteiger partial charge in [-0.05, 0) is 70.5 Å². The maximum atomic E-state index is 13.8. The Morgan fingerprint density at radius 2 is 1.20 bits per heavy atom. The lowest BCUT2D eigenvalue weighted by atomic mass is 10.1. The molecule has 2 aliphatic rings. The third-order valence-electron chi connectivity index (χ3n) is 10.8. The standard InChI is InChI=1S/C41H47N13O7/c1-5-53-30(13-22(3)48-53)38(58)46-40-44-28-15-24(36(42)56)17-32-34(28)51(40)10-7-8-11-52-35-29(45-41(52)47-39(59)31-14-23(4)49-54(31)6-2)16-25(37(43)57)18-33(35)61-21-26(20-60-32)50-12-9-27(55)19-50/h7-8,13-18,26-27,55H,5-6,9-12,19-21H2,1-4H3,(H2,42,56)(H2,43,57)(H,44,46,58)(H,45,47,59)/b8-7+/t27-/m0/s1. The number of amides is 4. The van der Waals surface area contributed by atoms with Crippen molar-refractivity contribution in [3.8, 4) is 11.5 Å². The molecule has 7 N–H and O–H groups in total. The van der Waals surface area contributed by atoms with E-state index in [2.05, 4.69) is 20.8 Å². The number of allylic oxidation sites excluding steroid dienone is 2. The number of aliphatic hydroxyl groups excluding tert-OH is 1. The van der Waals surface area contributed by atoms with Crippen LogP contribution in [0.5, 0.6) is 11.5 Å². The van der Waals surface area contributed by atoms with E-state index in [4.69, 9.17) is 30.9 Å². The Morgan fingerprint density at radius 3 is 1.59 bits per heavy atom. The van der Waals surface area contributed by atoms with E-state index >= 15 is 0 Å². The molecular weight excluding hydrogens is 787 g/mol. The number of aromatic nitrogens is 8. The number of aryl methyl sites for hydroxylation is 4. The second kappa shape index (κ2) is 16.5. The summed E-state index contributed by atoms with van der Waals surface area (Å²) in [6.45, 7) is 9.55. The predicted molar refractivity (Wildman–Crippen MR) is 224 cm³/mol. The molecule has 318 valence electrons. The molecule has 4 aromatic heterocycles. The molecule has 0 saturated carbocycles. The van der Waals surface area contributed by atoms with E-state index in [1.165, 1.54) is 0 Å². The minimum absolute atomic E-state index is 0.0193. The summed E-state index contributed by atoms with van der Waals surface area (Å²) in [6.07, 6.45) is 3.66. The van der Waals surface area contributed by atoms with E-state index in [1.807, 2.05) is 30.9 Å². The van der Waals surface area contributed by atoms with Gasteiger partial charge in [-0.1, -0.05) is 12.2 Å². The zero-order valence-electron chi connectivity index (χ0n) is 34.2. The molecule has 4 amide bonds. The monoisotopic (exact) mass is 833 g/mol. The van der Waals surface area contributed by atoms with Crippen molar-refractivity contribution in [2.75, 3.05) is 36.9 Å². The first-order chi connectivity index (χ1) is 29.3. The van der Waals surface area contributed by atoms with Crippen molar-refractivity contribution >= 4 is 57.6 Å². The molecule has 1 atom stereocenters. The molecule has 2 aliphatic heterocycles. The van der Waals surface area contributed by atoms with Gasteiger partial charge in [-0.25, -0.2) is 9.97 Å². The van der Waals surface area contributed by atoms with Crippen LogP contribution >= 0.6 is 0 Å². The maximum absolute atomic E-state index is 13.8. The van der Waals surface area contributed by atoms with E-state index in [0.29, 0.717) is 77.4 Å². The largest absolute Gasteiger partial charge is 0.490 e. The molecule has 0 spiro atoms. The van der Waals surface area contributed by atoms with Gasteiger partial charge in [0.1, 0.15) is 47.1 Å². The highest BCUT2D eigenvalue weighted by Gasteiger charge is 2.31. The minimum atomic E-state index is -0.700. The molecule has 8 rings (SSSR count). The van der Waals surface area contributed by atoms with E-state index < -0.39 is 35.8 Å². The van der Waals surface area contributed by atoms with Gasteiger partial charge in [-0.15, -0.1) is 0 Å². The van der Waals surface area contributed by atoms with Crippen LogP contribution in [-0.2, 0) is 26.2 Å². The number of carbonyl (C=O) groups is 4. The van der Waals surface area contributed by atoms with Crippen molar-refractivity contribution < 1.29 is 33.8 Å². The van der Waals surface area contributed by atoms with Crippen molar-refractivity contribution in [1.29, 1.82) is 0 Å². The van der Waals surface area contributed by atoms with Crippen LogP contribution in [0.4, 0.5) is 11.9 Å². The number of ether oxygens (including phenoxy) is 2. The number of nitrogens with one attached hydrogen (secondary N) is 2. The van der Waals surface area contributed by atoms with Gasteiger partial charge in [0, 0.05) is 50.4 Å². The summed E-state index contributed by atoms with van der Waals surface area (Å²) in [7, 11) is 0. The number of benzene rings is 2. The van der Waals surface area contributed by atoms with Gasteiger partial charge < -0.3 is 35.2 Å². The molecule has 1 saturated heterocycles. The molecule has 6 heterocycles. The van der Waals surface area contributed by atoms with Gasteiger partial charge >= 0.3 is 0 Å². The number of likely N-dealkylation sites (tertiary alicyclic amines) is 1. The summed E-state index contributed by atoms with van der Waals surface area (Å²) in [5.74, 6) is -1.37. The van der Waals surface area contributed by atoms with E-state index in [-0.39, 0.29) is 60.8 Å². The maximum Gasteiger partial charge on any atom is 0.276 e.